The number of hydrogen-bond donors (Lipinski definition) is 2. The number of rotatable bonds is 6. The number of nitrogens with zero attached hydrogens (tertiary/aromatic N) is 1. The molecular weight excluding hydrogens is 329 g/mol. The molecule has 1 aromatic carbocycles. The van der Waals surface area contributed by atoms with E-state index in [-0.39, 0.29) is 40.1 Å². The van der Waals surface area contributed by atoms with Crippen LogP contribution >= 0.6 is 23.2 Å². The number of nitrogens with one attached hydrogen (secondary N) is 1. The number of aromatic nitrogens is 2. The summed E-state index contributed by atoms with van der Waals surface area (Å²) >= 11 is 12.2. The lowest BCUT2D eigenvalue weighted by Gasteiger charge is -2.11. The van der Waals surface area contributed by atoms with Gasteiger partial charge in [-0.3, -0.25) is 14.3 Å². The molecular formula is C14H15Cl2N3O3. The molecule has 6 nitrogen and oxygen atoms in total. The van der Waals surface area contributed by atoms with Crippen LogP contribution in [0.2, 0.25) is 10.0 Å². The van der Waals surface area contributed by atoms with Gasteiger partial charge in [-0.05, 0) is 19.1 Å². The van der Waals surface area contributed by atoms with Crippen molar-refractivity contribution in [3.05, 3.63) is 49.9 Å². The number of nitrogens with two attached hydrogens (primary N) is 1. The minimum atomic E-state index is -0.493. The maximum Gasteiger partial charge on any atom is 0.277 e. The van der Waals surface area contributed by atoms with Gasteiger partial charge in [-0.25, -0.2) is 0 Å². The first-order valence-electron chi connectivity index (χ1n) is 6.65. The van der Waals surface area contributed by atoms with Gasteiger partial charge in [0.2, 0.25) is 5.78 Å². The molecule has 0 aliphatic rings. The molecule has 2 aromatic rings. The first-order valence-corrected chi connectivity index (χ1v) is 7.40. The van der Waals surface area contributed by atoms with Crippen molar-refractivity contribution in [3.8, 4) is 5.75 Å². The Balaban J connectivity index is 2.46. The highest BCUT2D eigenvalue weighted by atomic mass is 35.5. The van der Waals surface area contributed by atoms with E-state index in [1.807, 2.05) is 0 Å². The molecule has 0 amide bonds. The Morgan fingerprint density at radius 1 is 1.36 bits per heavy atom. The third-order valence-corrected chi connectivity index (χ3v) is 3.73. The first-order chi connectivity index (χ1) is 10.5. The van der Waals surface area contributed by atoms with Gasteiger partial charge in [-0.15, -0.1) is 0 Å². The van der Waals surface area contributed by atoms with Crippen molar-refractivity contribution >= 4 is 29.0 Å². The molecule has 0 radical (unpaired) electrons. The molecule has 0 saturated carbocycles. The van der Waals surface area contributed by atoms with E-state index in [4.69, 9.17) is 33.7 Å². The van der Waals surface area contributed by atoms with Gasteiger partial charge in [0.15, 0.2) is 5.75 Å². The fourth-order valence-electron chi connectivity index (χ4n) is 1.95. The zero-order valence-electron chi connectivity index (χ0n) is 11.9. The number of benzene rings is 1. The van der Waals surface area contributed by atoms with Crippen LogP contribution in [0.1, 0.15) is 22.8 Å². The lowest BCUT2D eigenvalue weighted by molar-refractivity contribution is 0.103. The number of aromatic amines is 1. The lowest BCUT2D eigenvalue weighted by atomic mass is 10.1. The normalized spacial score (nSPS) is 10.7. The van der Waals surface area contributed by atoms with E-state index < -0.39 is 11.3 Å². The summed E-state index contributed by atoms with van der Waals surface area (Å²) in [6.45, 7) is 2.72. The van der Waals surface area contributed by atoms with Crippen LogP contribution in [-0.4, -0.2) is 28.7 Å². The standard InChI is InChI=1S/C14H15Cl2N3O3/c1-2-19-14(21)9(7-18-19)12(20)8-3-4-10(15)13(11(8)16)22-6-5-17/h3-4,7,18H,2,5-6,17H2,1H3. The molecule has 0 aliphatic carbocycles. The summed E-state index contributed by atoms with van der Waals surface area (Å²) in [5.41, 5.74) is 5.14. The molecule has 0 unspecified atom stereocenters. The molecule has 1 heterocycles. The number of carbonyl (C=O) groups is 1. The Hall–Kier alpha value is -1.76. The van der Waals surface area contributed by atoms with Crippen LogP contribution in [0.15, 0.2) is 23.1 Å². The summed E-state index contributed by atoms with van der Waals surface area (Å²) in [5.74, 6) is -0.307. The van der Waals surface area contributed by atoms with E-state index in [0.717, 1.165) is 0 Å². The number of ether oxygens (including phenoxy) is 1. The third kappa shape index (κ3) is 3.04. The number of H-pyrrole nitrogens is 1. The molecule has 2 rings (SSSR count). The minimum absolute atomic E-state index is 0.0100. The number of ketones is 1. The molecule has 1 aromatic heterocycles. The Kier molecular flexibility index (Phi) is 5.28. The SMILES string of the molecule is CCn1[nH]cc(C(=O)c2ccc(Cl)c(OCCN)c2Cl)c1=O. The smallest absolute Gasteiger partial charge is 0.277 e. The average molecular weight is 344 g/mol. The van der Waals surface area contributed by atoms with Crippen molar-refractivity contribution in [2.45, 2.75) is 13.5 Å². The summed E-state index contributed by atoms with van der Waals surface area (Å²) in [7, 11) is 0. The Morgan fingerprint density at radius 2 is 2.09 bits per heavy atom. The zero-order chi connectivity index (χ0) is 16.3. The van der Waals surface area contributed by atoms with E-state index in [0.29, 0.717) is 6.54 Å². The Bertz CT molecular complexity index is 752. The number of aryl methyl sites for hydroxylation is 1. The number of halogens is 2. The topological polar surface area (TPSA) is 90.1 Å². The second kappa shape index (κ2) is 7.00. The van der Waals surface area contributed by atoms with E-state index in [2.05, 4.69) is 5.10 Å². The van der Waals surface area contributed by atoms with Crippen molar-refractivity contribution in [2.24, 2.45) is 5.73 Å². The fourth-order valence-corrected chi connectivity index (χ4v) is 2.52. The Labute approximate surface area is 136 Å². The largest absolute Gasteiger partial charge is 0.489 e. The molecule has 8 heteroatoms. The van der Waals surface area contributed by atoms with Crippen LogP contribution < -0.4 is 16.0 Å². The number of carbonyl (C=O) groups excluding carboxylic acids is 1. The van der Waals surface area contributed by atoms with Crippen LogP contribution in [0.25, 0.3) is 0 Å². The van der Waals surface area contributed by atoms with Gasteiger partial charge < -0.3 is 15.6 Å². The van der Waals surface area contributed by atoms with E-state index in [1.54, 1.807) is 6.92 Å². The van der Waals surface area contributed by atoms with Gasteiger partial charge in [0.05, 0.1) is 10.0 Å². The minimum Gasteiger partial charge on any atom is -0.489 e. The quantitative estimate of drug-likeness (QED) is 0.785. The van der Waals surface area contributed by atoms with Gasteiger partial charge in [-0.2, -0.15) is 0 Å². The fraction of sp³-hybridized carbons (Fsp3) is 0.286. The van der Waals surface area contributed by atoms with Crippen molar-refractivity contribution < 1.29 is 9.53 Å². The van der Waals surface area contributed by atoms with Crippen LogP contribution in [0.4, 0.5) is 0 Å². The molecule has 22 heavy (non-hydrogen) atoms. The van der Waals surface area contributed by atoms with Gasteiger partial charge in [0.25, 0.3) is 5.56 Å². The molecule has 3 N–H and O–H groups in total. The highest BCUT2D eigenvalue weighted by Crippen LogP contribution is 2.36. The van der Waals surface area contributed by atoms with Crippen molar-refractivity contribution in [1.29, 1.82) is 0 Å². The van der Waals surface area contributed by atoms with Crippen LogP contribution in [0.5, 0.6) is 5.75 Å². The first kappa shape index (κ1) is 16.6. The highest BCUT2D eigenvalue weighted by Gasteiger charge is 2.22. The molecule has 0 bridgehead atoms. The van der Waals surface area contributed by atoms with Crippen LogP contribution in [-0.2, 0) is 6.54 Å². The van der Waals surface area contributed by atoms with Gasteiger partial charge in [-0.1, -0.05) is 23.2 Å². The predicted octanol–water partition coefficient (Wildman–Crippen LogP) is 2.07. The van der Waals surface area contributed by atoms with Gasteiger partial charge >= 0.3 is 0 Å². The Morgan fingerprint density at radius 3 is 2.68 bits per heavy atom. The maximum atomic E-state index is 12.5. The summed E-state index contributed by atoms with van der Waals surface area (Å²) < 4.78 is 6.69. The lowest BCUT2D eigenvalue weighted by Crippen LogP contribution is -2.21. The van der Waals surface area contributed by atoms with Crippen molar-refractivity contribution in [2.75, 3.05) is 13.2 Å². The monoisotopic (exact) mass is 343 g/mol. The molecule has 0 aliphatic heterocycles. The van der Waals surface area contributed by atoms with E-state index >= 15 is 0 Å². The summed E-state index contributed by atoms with van der Waals surface area (Å²) in [4.78, 5) is 24.6. The second-order valence-electron chi connectivity index (χ2n) is 4.44. The third-order valence-electron chi connectivity index (χ3n) is 3.06. The summed E-state index contributed by atoms with van der Waals surface area (Å²) in [6.07, 6.45) is 1.36. The predicted molar refractivity (Wildman–Crippen MR) is 85.2 cm³/mol. The molecule has 0 saturated heterocycles. The maximum absolute atomic E-state index is 12.5. The second-order valence-corrected chi connectivity index (χ2v) is 5.23. The van der Waals surface area contributed by atoms with Gasteiger partial charge in [0, 0.05) is 24.8 Å². The average Bonchev–Trinajstić information content (AvgIpc) is 2.87. The van der Waals surface area contributed by atoms with Crippen molar-refractivity contribution in [1.82, 2.24) is 9.78 Å². The zero-order valence-corrected chi connectivity index (χ0v) is 13.4. The van der Waals surface area contributed by atoms with Crippen LogP contribution in [0.3, 0.4) is 0 Å². The molecule has 0 atom stereocenters. The van der Waals surface area contributed by atoms with Crippen LogP contribution in [0, 0.1) is 0 Å². The van der Waals surface area contributed by atoms with E-state index in [1.165, 1.54) is 23.0 Å². The summed E-state index contributed by atoms with van der Waals surface area (Å²) in [5, 5.41) is 3.06. The summed E-state index contributed by atoms with van der Waals surface area (Å²) in [6, 6.07) is 2.96. The molecule has 0 spiro atoms. The van der Waals surface area contributed by atoms with E-state index in [9.17, 15) is 9.59 Å². The molecule has 118 valence electrons. The molecule has 0 fully saturated rings. The van der Waals surface area contributed by atoms with Gasteiger partial charge in [0.1, 0.15) is 12.2 Å². The van der Waals surface area contributed by atoms with Crippen molar-refractivity contribution in [3.63, 3.8) is 0 Å². The highest BCUT2D eigenvalue weighted by molar-refractivity contribution is 6.39. The number of hydrogen-bond acceptors (Lipinski definition) is 4.